The number of carbonyl (C=O) groups is 3. The van der Waals surface area contributed by atoms with E-state index in [4.69, 9.17) is 14.2 Å². The molecular formula is C22H31N3O6. The molecule has 1 saturated heterocycles. The second kappa shape index (κ2) is 11.1. The van der Waals surface area contributed by atoms with Crippen LogP contribution in [0.5, 0.6) is 5.75 Å². The molecule has 0 spiro atoms. The van der Waals surface area contributed by atoms with Crippen molar-refractivity contribution in [3.05, 3.63) is 29.8 Å². The van der Waals surface area contributed by atoms with Gasteiger partial charge in [0, 0.05) is 19.5 Å². The van der Waals surface area contributed by atoms with Gasteiger partial charge in [-0.05, 0) is 37.5 Å². The lowest BCUT2D eigenvalue weighted by atomic mass is 10.1. The van der Waals surface area contributed by atoms with Crippen LogP contribution in [0.4, 0.5) is 0 Å². The van der Waals surface area contributed by atoms with Gasteiger partial charge in [-0.15, -0.1) is 0 Å². The largest absolute Gasteiger partial charge is 0.490 e. The van der Waals surface area contributed by atoms with E-state index >= 15 is 0 Å². The van der Waals surface area contributed by atoms with Gasteiger partial charge in [0.2, 0.25) is 11.8 Å². The molecule has 1 saturated carbocycles. The van der Waals surface area contributed by atoms with Crippen molar-refractivity contribution in [2.24, 2.45) is 0 Å². The highest BCUT2D eigenvalue weighted by atomic mass is 16.5. The van der Waals surface area contributed by atoms with Crippen molar-refractivity contribution in [1.29, 1.82) is 0 Å². The van der Waals surface area contributed by atoms with Crippen LogP contribution >= 0.6 is 0 Å². The third-order valence-electron chi connectivity index (χ3n) is 5.23. The first-order chi connectivity index (χ1) is 14.9. The zero-order valence-corrected chi connectivity index (χ0v) is 18.1. The minimum absolute atomic E-state index is 0.205. The highest BCUT2D eigenvalue weighted by Crippen LogP contribution is 2.26. The van der Waals surface area contributed by atoms with E-state index in [0.29, 0.717) is 32.4 Å². The fourth-order valence-electron chi connectivity index (χ4n) is 3.27. The second-order valence-corrected chi connectivity index (χ2v) is 7.93. The van der Waals surface area contributed by atoms with Gasteiger partial charge in [-0.1, -0.05) is 12.1 Å². The topological polar surface area (TPSA) is 106 Å². The summed E-state index contributed by atoms with van der Waals surface area (Å²) in [4.78, 5) is 39.0. The van der Waals surface area contributed by atoms with E-state index in [-0.39, 0.29) is 18.9 Å². The van der Waals surface area contributed by atoms with Gasteiger partial charge in [0.15, 0.2) is 0 Å². The standard InChI is InChI=1S/C22H31N3O6/c1-15(23-20(26)14-25-9-11-30-12-10-25)21(27)24-19(22(28)29-2)13-16-3-5-17(6-4-16)31-18-7-8-18/h3-6,15,18-19H,7-14H2,1-2H3,(H,23,26)(H,24,27)/t15-,19-/m0/s1. The Morgan fingerprint density at radius 1 is 1.13 bits per heavy atom. The predicted octanol–water partition coefficient (Wildman–Crippen LogP) is 0.265. The average Bonchev–Trinajstić information content (AvgIpc) is 3.58. The van der Waals surface area contributed by atoms with E-state index in [0.717, 1.165) is 24.2 Å². The Kier molecular flexibility index (Phi) is 8.25. The molecule has 2 fully saturated rings. The Bertz CT molecular complexity index is 759. The maximum atomic E-state index is 12.6. The molecule has 170 valence electrons. The minimum atomic E-state index is -0.855. The molecule has 3 rings (SSSR count). The average molecular weight is 434 g/mol. The number of nitrogens with zero attached hydrogens (tertiary/aromatic N) is 1. The first kappa shape index (κ1) is 23.0. The van der Waals surface area contributed by atoms with Gasteiger partial charge < -0.3 is 24.8 Å². The van der Waals surface area contributed by atoms with Crippen molar-refractivity contribution in [1.82, 2.24) is 15.5 Å². The number of amides is 2. The summed E-state index contributed by atoms with van der Waals surface area (Å²) in [5, 5.41) is 5.37. The highest BCUT2D eigenvalue weighted by molar-refractivity contribution is 5.91. The van der Waals surface area contributed by atoms with E-state index in [1.165, 1.54) is 7.11 Å². The number of methoxy groups -OCH3 is 1. The molecule has 2 N–H and O–H groups in total. The smallest absolute Gasteiger partial charge is 0.328 e. The molecule has 0 unspecified atom stereocenters. The molecule has 1 aliphatic carbocycles. The summed E-state index contributed by atoms with van der Waals surface area (Å²) < 4.78 is 15.8. The Hall–Kier alpha value is -2.65. The summed E-state index contributed by atoms with van der Waals surface area (Å²) in [6.07, 6.45) is 2.75. The fourth-order valence-corrected chi connectivity index (χ4v) is 3.27. The van der Waals surface area contributed by atoms with E-state index in [1.807, 2.05) is 29.2 Å². The van der Waals surface area contributed by atoms with Crippen molar-refractivity contribution < 1.29 is 28.6 Å². The Balaban J connectivity index is 1.50. The predicted molar refractivity (Wildman–Crippen MR) is 113 cm³/mol. The van der Waals surface area contributed by atoms with Crippen molar-refractivity contribution in [2.45, 2.75) is 44.4 Å². The van der Waals surface area contributed by atoms with Gasteiger partial charge in [-0.25, -0.2) is 4.79 Å². The Labute approximate surface area is 182 Å². The van der Waals surface area contributed by atoms with Crippen LogP contribution in [0.25, 0.3) is 0 Å². The molecule has 9 nitrogen and oxygen atoms in total. The lowest BCUT2D eigenvalue weighted by molar-refractivity contribution is -0.145. The molecule has 2 amide bonds. The molecule has 2 atom stereocenters. The lowest BCUT2D eigenvalue weighted by Crippen LogP contribution is -2.53. The van der Waals surface area contributed by atoms with E-state index in [2.05, 4.69) is 10.6 Å². The first-order valence-corrected chi connectivity index (χ1v) is 10.7. The lowest BCUT2D eigenvalue weighted by Gasteiger charge is -2.26. The Morgan fingerprint density at radius 2 is 1.81 bits per heavy atom. The number of hydrogen-bond acceptors (Lipinski definition) is 7. The molecule has 1 heterocycles. The number of esters is 1. The molecule has 0 aromatic heterocycles. The maximum absolute atomic E-state index is 12.6. The molecule has 1 aliphatic heterocycles. The van der Waals surface area contributed by atoms with E-state index < -0.39 is 24.0 Å². The van der Waals surface area contributed by atoms with Gasteiger partial charge in [-0.2, -0.15) is 0 Å². The fraction of sp³-hybridized carbons (Fsp3) is 0.591. The maximum Gasteiger partial charge on any atom is 0.328 e. The molecule has 0 bridgehead atoms. The van der Waals surface area contributed by atoms with Gasteiger partial charge in [0.1, 0.15) is 17.8 Å². The van der Waals surface area contributed by atoms with Crippen molar-refractivity contribution in [3.8, 4) is 5.75 Å². The zero-order valence-electron chi connectivity index (χ0n) is 18.1. The molecule has 1 aromatic carbocycles. The summed E-state index contributed by atoms with van der Waals surface area (Å²) in [6, 6.07) is 5.82. The van der Waals surface area contributed by atoms with Crippen LogP contribution < -0.4 is 15.4 Å². The third kappa shape index (κ3) is 7.52. The molecule has 0 radical (unpaired) electrons. The number of carbonyl (C=O) groups excluding carboxylic acids is 3. The summed E-state index contributed by atoms with van der Waals surface area (Å²) in [5.74, 6) is -0.440. The number of rotatable bonds is 10. The monoisotopic (exact) mass is 433 g/mol. The van der Waals surface area contributed by atoms with Crippen LogP contribution in [0.15, 0.2) is 24.3 Å². The SMILES string of the molecule is COC(=O)[C@H](Cc1ccc(OC2CC2)cc1)NC(=O)[C@H](C)NC(=O)CN1CCOCC1. The van der Waals surface area contributed by atoms with Gasteiger partial charge >= 0.3 is 5.97 Å². The second-order valence-electron chi connectivity index (χ2n) is 7.93. The van der Waals surface area contributed by atoms with Crippen LogP contribution in [0.3, 0.4) is 0 Å². The van der Waals surface area contributed by atoms with Crippen LogP contribution in [-0.4, -0.2) is 80.8 Å². The van der Waals surface area contributed by atoms with Crippen LogP contribution in [0, 0.1) is 0 Å². The summed E-state index contributed by atoms with van der Waals surface area (Å²) in [6.45, 7) is 4.35. The highest BCUT2D eigenvalue weighted by Gasteiger charge is 2.26. The van der Waals surface area contributed by atoms with E-state index in [1.54, 1.807) is 6.92 Å². The van der Waals surface area contributed by atoms with Crippen molar-refractivity contribution in [2.75, 3.05) is 40.0 Å². The molecule has 9 heteroatoms. The number of ether oxygens (including phenoxy) is 3. The number of benzene rings is 1. The van der Waals surface area contributed by atoms with Crippen molar-refractivity contribution in [3.63, 3.8) is 0 Å². The molecule has 1 aromatic rings. The zero-order chi connectivity index (χ0) is 22.2. The first-order valence-electron chi connectivity index (χ1n) is 10.7. The van der Waals surface area contributed by atoms with Gasteiger partial charge in [0.25, 0.3) is 0 Å². The summed E-state index contributed by atoms with van der Waals surface area (Å²) in [7, 11) is 1.28. The number of nitrogens with one attached hydrogen (secondary N) is 2. The summed E-state index contributed by atoms with van der Waals surface area (Å²) >= 11 is 0. The summed E-state index contributed by atoms with van der Waals surface area (Å²) in [5.41, 5.74) is 0.864. The normalized spacial score (nSPS) is 18.5. The van der Waals surface area contributed by atoms with Crippen molar-refractivity contribution >= 4 is 17.8 Å². The quantitative estimate of drug-likeness (QED) is 0.510. The number of hydrogen-bond donors (Lipinski definition) is 2. The minimum Gasteiger partial charge on any atom is -0.490 e. The van der Waals surface area contributed by atoms with Gasteiger partial charge in [-0.3, -0.25) is 14.5 Å². The van der Waals surface area contributed by atoms with Crippen LogP contribution in [-0.2, 0) is 30.3 Å². The van der Waals surface area contributed by atoms with Crippen LogP contribution in [0.2, 0.25) is 0 Å². The molecule has 2 aliphatic rings. The Morgan fingerprint density at radius 3 is 2.42 bits per heavy atom. The number of morpholine rings is 1. The molecule has 31 heavy (non-hydrogen) atoms. The third-order valence-corrected chi connectivity index (χ3v) is 5.23. The van der Waals surface area contributed by atoms with Gasteiger partial charge in [0.05, 0.1) is 33.0 Å². The van der Waals surface area contributed by atoms with Crippen LogP contribution in [0.1, 0.15) is 25.3 Å². The molecular weight excluding hydrogens is 402 g/mol. The van der Waals surface area contributed by atoms with E-state index in [9.17, 15) is 14.4 Å².